The van der Waals surface area contributed by atoms with Crippen molar-refractivity contribution in [1.29, 1.82) is 0 Å². The molecule has 0 aliphatic carbocycles. The van der Waals surface area contributed by atoms with E-state index in [1.165, 1.54) is 0 Å². The largest absolute Gasteiger partial charge is 0.508 e. The van der Waals surface area contributed by atoms with Crippen LogP contribution >= 0.6 is 0 Å². The van der Waals surface area contributed by atoms with Gasteiger partial charge in [-0.15, -0.1) is 0 Å². The number of hydrogen-bond acceptors (Lipinski definition) is 13. The minimum Gasteiger partial charge on any atom is -0.508 e. The van der Waals surface area contributed by atoms with Crippen molar-refractivity contribution in [3.63, 3.8) is 0 Å². The molecule has 2 aliphatic rings. The molecule has 0 saturated carbocycles. The summed E-state index contributed by atoms with van der Waals surface area (Å²) >= 11 is 0. The van der Waals surface area contributed by atoms with Crippen molar-refractivity contribution in [3.8, 4) is 34.5 Å². The normalized spacial score (nSPS) is 33.2. The molecule has 4 rings (SSSR count). The Morgan fingerprint density at radius 2 is 1.44 bits per heavy atom. The molecule has 0 amide bonds. The van der Waals surface area contributed by atoms with Gasteiger partial charge >= 0.3 is 0 Å². The van der Waals surface area contributed by atoms with E-state index in [1.807, 2.05) is 0 Å². The fourth-order valence-corrected chi connectivity index (χ4v) is 4.05. The highest BCUT2D eigenvalue weighted by molar-refractivity contribution is 5.55. The van der Waals surface area contributed by atoms with Gasteiger partial charge < -0.3 is 65.3 Å². The van der Waals surface area contributed by atoms with Gasteiger partial charge in [0.25, 0.3) is 0 Å². The molecule has 2 aromatic carbocycles. The van der Waals surface area contributed by atoms with E-state index in [0.717, 1.165) is 24.3 Å². The lowest BCUT2D eigenvalue weighted by Gasteiger charge is -2.44. The third kappa shape index (κ3) is 4.03. The highest BCUT2D eigenvalue weighted by Crippen LogP contribution is 2.50. The van der Waals surface area contributed by atoms with Gasteiger partial charge in [-0.2, -0.15) is 0 Å². The second kappa shape index (κ2) is 8.96. The summed E-state index contributed by atoms with van der Waals surface area (Å²) in [5.74, 6) is -3.40. The Balaban J connectivity index is 1.77. The van der Waals surface area contributed by atoms with E-state index < -0.39 is 84.4 Å². The van der Waals surface area contributed by atoms with Gasteiger partial charge in [-0.05, 0) is 12.1 Å². The van der Waals surface area contributed by atoms with Crippen molar-refractivity contribution in [3.05, 3.63) is 35.4 Å². The number of aromatic hydroxyl groups is 5. The maximum atomic E-state index is 11.1. The maximum Gasteiger partial charge on any atom is 0.200 e. The summed E-state index contributed by atoms with van der Waals surface area (Å²) in [7, 11) is 0. The zero-order valence-corrected chi connectivity index (χ0v) is 17.3. The molecule has 2 aromatic rings. The van der Waals surface area contributed by atoms with E-state index in [1.54, 1.807) is 0 Å². The van der Waals surface area contributed by atoms with Gasteiger partial charge in [0, 0.05) is 17.7 Å². The minimum absolute atomic E-state index is 0.0325. The summed E-state index contributed by atoms with van der Waals surface area (Å²) in [4.78, 5) is 0. The first-order valence-corrected chi connectivity index (χ1v) is 10.1. The first kappa shape index (κ1) is 24.1. The molecular weight excluding hydrogens is 460 g/mol. The van der Waals surface area contributed by atoms with Crippen molar-refractivity contribution < 1.29 is 65.3 Å². The fourth-order valence-electron chi connectivity index (χ4n) is 4.05. The number of aliphatic hydroxyl groups excluding tert-OH is 5. The van der Waals surface area contributed by atoms with E-state index in [4.69, 9.17) is 14.2 Å². The molecule has 0 spiro atoms. The van der Waals surface area contributed by atoms with Crippen LogP contribution in [0.15, 0.2) is 24.3 Å². The van der Waals surface area contributed by atoms with Crippen molar-refractivity contribution in [2.45, 2.75) is 49.0 Å². The molecule has 13 nitrogen and oxygen atoms in total. The first-order valence-electron chi connectivity index (χ1n) is 10.1. The van der Waals surface area contributed by atoms with Crippen molar-refractivity contribution >= 4 is 0 Å². The van der Waals surface area contributed by atoms with Gasteiger partial charge in [-0.3, -0.25) is 0 Å². The van der Waals surface area contributed by atoms with Crippen molar-refractivity contribution in [2.75, 3.05) is 6.61 Å². The van der Waals surface area contributed by atoms with E-state index in [9.17, 15) is 51.1 Å². The second-order valence-corrected chi connectivity index (χ2v) is 8.07. The number of aliphatic hydroxyl groups is 5. The second-order valence-electron chi connectivity index (χ2n) is 8.07. The predicted molar refractivity (Wildman–Crippen MR) is 108 cm³/mol. The summed E-state index contributed by atoms with van der Waals surface area (Å²) in [6.45, 7) is -0.736. The van der Waals surface area contributed by atoms with Crippen LogP contribution in [-0.2, 0) is 9.47 Å². The minimum atomic E-state index is -1.83. The van der Waals surface area contributed by atoms with Gasteiger partial charge in [-0.1, -0.05) is 0 Å². The molecule has 1 fully saturated rings. The Morgan fingerprint density at radius 3 is 2.06 bits per heavy atom. The predicted octanol–water partition coefficient (Wildman–Crippen LogP) is -1.43. The number of benzene rings is 2. The Morgan fingerprint density at radius 1 is 0.794 bits per heavy atom. The van der Waals surface area contributed by atoms with Crippen molar-refractivity contribution in [2.24, 2.45) is 0 Å². The lowest BCUT2D eigenvalue weighted by Crippen LogP contribution is -2.60. The molecule has 6 unspecified atom stereocenters. The zero-order chi connectivity index (χ0) is 24.9. The lowest BCUT2D eigenvalue weighted by molar-refractivity contribution is -0.325. The highest BCUT2D eigenvalue weighted by Gasteiger charge is 2.49. The van der Waals surface area contributed by atoms with Crippen molar-refractivity contribution in [1.82, 2.24) is 0 Å². The monoisotopic (exact) mass is 484 g/mol. The molecule has 0 bridgehead atoms. The summed E-state index contributed by atoms with van der Waals surface area (Å²) < 4.78 is 16.8. The van der Waals surface area contributed by atoms with Crippen LogP contribution in [0.3, 0.4) is 0 Å². The number of rotatable bonds is 4. The molecule has 34 heavy (non-hydrogen) atoms. The number of hydrogen-bond donors (Lipinski definition) is 10. The number of phenolic OH excluding ortho intramolecular Hbond substituents is 5. The van der Waals surface area contributed by atoms with Crippen LogP contribution in [-0.4, -0.2) is 94.5 Å². The number of fused-ring (bicyclic) bond motifs is 1. The quantitative estimate of drug-likeness (QED) is 0.225. The number of phenols is 5. The van der Waals surface area contributed by atoms with Crippen LogP contribution in [0, 0.1) is 0 Å². The van der Waals surface area contributed by atoms with Gasteiger partial charge in [0.15, 0.2) is 29.6 Å². The first-order chi connectivity index (χ1) is 16.0. The summed E-state index contributed by atoms with van der Waals surface area (Å²) in [5, 5.41) is 100. The van der Waals surface area contributed by atoms with E-state index in [0.29, 0.717) is 0 Å². The zero-order valence-electron chi connectivity index (χ0n) is 17.3. The van der Waals surface area contributed by atoms with Gasteiger partial charge in [0.05, 0.1) is 12.2 Å². The van der Waals surface area contributed by atoms with E-state index in [-0.39, 0.29) is 16.9 Å². The topological polar surface area (TPSA) is 230 Å². The van der Waals surface area contributed by atoms with Gasteiger partial charge in [0.2, 0.25) is 0 Å². The Bertz CT molecular complexity index is 1030. The van der Waals surface area contributed by atoms with Gasteiger partial charge in [-0.25, -0.2) is 0 Å². The van der Waals surface area contributed by atoms with Crippen LogP contribution in [0.2, 0.25) is 0 Å². The Labute approximate surface area is 191 Å². The van der Waals surface area contributed by atoms with E-state index >= 15 is 0 Å². The third-order valence-electron chi connectivity index (χ3n) is 5.82. The third-order valence-corrected chi connectivity index (χ3v) is 5.82. The highest BCUT2D eigenvalue weighted by atomic mass is 16.7. The smallest absolute Gasteiger partial charge is 0.200 e. The maximum absolute atomic E-state index is 11.1. The van der Waals surface area contributed by atoms with Crippen LogP contribution in [0.5, 0.6) is 34.5 Å². The molecule has 0 aromatic heterocycles. The molecule has 1 saturated heterocycles. The molecule has 0 radical (unpaired) electrons. The summed E-state index contributed by atoms with van der Waals surface area (Å²) in [6.07, 6.45) is -13.0. The molecule has 2 aliphatic heterocycles. The SMILES string of the molecule is OCC1O[C@@H](OC2C(O)c3c(O)cc(O)cc3OC2c2cc(O)c(O)c(O)c2)C(O)C(O)[C@@H]1O. The summed E-state index contributed by atoms with van der Waals surface area (Å²) in [5.41, 5.74) is -0.231. The Kier molecular flexibility index (Phi) is 6.35. The fraction of sp³-hybridized carbons (Fsp3) is 0.429. The standard InChI is InChI=1S/C21H24O13/c22-5-12-15(28)17(30)18(31)21(33-12)34-20-16(29)13-8(24)3-7(23)4-11(13)32-19(20)6-1-9(25)14(27)10(26)2-6/h1-4,12,15-31H,5H2/t12?,15-,16?,17?,18?,19?,20?,21+/m1/s1. The van der Waals surface area contributed by atoms with Crippen LogP contribution in [0.4, 0.5) is 0 Å². The number of ether oxygens (including phenoxy) is 3. The summed E-state index contributed by atoms with van der Waals surface area (Å²) in [6, 6.07) is 4.04. The molecule has 8 atom stereocenters. The van der Waals surface area contributed by atoms with Crippen LogP contribution in [0.1, 0.15) is 23.3 Å². The average Bonchev–Trinajstić information content (AvgIpc) is 2.78. The van der Waals surface area contributed by atoms with E-state index in [2.05, 4.69) is 0 Å². The lowest BCUT2D eigenvalue weighted by atomic mass is 9.90. The van der Waals surface area contributed by atoms with Crippen LogP contribution in [0.25, 0.3) is 0 Å². The average molecular weight is 484 g/mol. The Hall–Kier alpha value is -3.04. The molecule has 186 valence electrons. The molecular formula is C21H24O13. The molecule has 10 N–H and O–H groups in total. The van der Waals surface area contributed by atoms with Gasteiger partial charge in [0.1, 0.15) is 53.9 Å². The molecule has 2 heterocycles. The van der Waals surface area contributed by atoms with Crippen LogP contribution < -0.4 is 4.74 Å². The molecule has 13 heteroatoms.